The zero-order chi connectivity index (χ0) is 10.4. The van der Waals surface area contributed by atoms with Crippen LogP contribution < -0.4 is 0 Å². The van der Waals surface area contributed by atoms with Gasteiger partial charge in [0.1, 0.15) is 0 Å². The molecule has 0 aromatic carbocycles. The number of hydrogen-bond donors (Lipinski definition) is 0. The Hall–Kier alpha value is 0.480. The SMILES string of the molecule is CCCCC(CC)CC1(CBr)CCC1. The molecule has 0 bridgehead atoms. The van der Waals surface area contributed by atoms with Crippen LogP contribution in [0.15, 0.2) is 0 Å². The van der Waals surface area contributed by atoms with E-state index in [-0.39, 0.29) is 0 Å². The molecule has 1 saturated carbocycles. The number of alkyl halides is 1. The molecule has 0 aromatic heterocycles. The molecule has 1 heteroatoms. The van der Waals surface area contributed by atoms with Crippen molar-refractivity contribution in [1.29, 1.82) is 0 Å². The van der Waals surface area contributed by atoms with Gasteiger partial charge in [-0.2, -0.15) is 0 Å². The molecular formula is C13H25Br. The Bertz CT molecular complexity index is 144. The lowest BCUT2D eigenvalue weighted by molar-refractivity contribution is 0.119. The quantitative estimate of drug-likeness (QED) is 0.555. The maximum Gasteiger partial charge on any atom is 0.00880 e. The fourth-order valence-corrected chi connectivity index (χ4v) is 3.41. The van der Waals surface area contributed by atoms with Crippen molar-refractivity contribution in [1.82, 2.24) is 0 Å². The van der Waals surface area contributed by atoms with Crippen LogP contribution in [0.5, 0.6) is 0 Å². The number of halogens is 1. The first-order chi connectivity index (χ1) is 6.76. The van der Waals surface area contributed by atoms with Crippen LogP contribution in [0.1, 0.15) is 65.2 Å². The topological polar surface area (TPSA) is 0 Å². The molecule has 0 heterocycles. The summed E-state index contributed by atoms with van der Waals surface area (Å²) >= 11 is 3.71. The van der Waals surface area contributed by atoms with Crippen molar-refractivity contribution >= 4 is 15.9 Å². The molecule has 14 heavy (non-hydrogen) atoms. The molecule has 0 spiro atoms. The summed E-state index contributed by atoms with van der Waals surface area (Å²) in [7, 11) is 0. The maximum absolute atomic E-state index is 3.71. The third-order valence-electron chi connectivity index (χ3n) is 3.96. The van der Waals surface area contributed by atoms with Crippen molar-refractivity contribution in [2.75, 3.05) is 5.33 Å². The molecule has 0 nitrogen and oxygen atoms in total. The van der Waals surface area contributed by atoms with Crippen molar-refractivity contribution in [3.8, 4) is 0 Å². The molecule has 0 aromatic rings. The van der Waals surface area contributed by atoms with E-state index in [1.165, 1.54) is 56.7 Å². The van der Waals surface area contributed by atoms with Crippen LogP contribution in [0.25, 0.3) is 0 Å². The van der Waals surface area contributed by atoms with Gasteiger partial charge in [0.05, 0.1) is 0 Å². The summed E-state index contributed by atoms with van der Waals surface area (Å²) < 4.78 is 0. The van der Waals surface area contributed by atoms with E-state index in [4.69, 9.17) is 0 Å². The van der Waals surface area contributed by atoms with Crippen molar-refractivity contribution in [3.63, 3.8) is 0 Å². The lowest BCUT2D eigenvalue weighted by Gasteiger charge is -2.43. The average Bonchev–Trinajstić information content (AvgIpc) is 2.16. The van der Waals surface area contributed by atoms with Gasteiger partial charge in [0.2, 0.25) is 0 Å². The van der Waals surface area contributed by atoms with Crippen LogP contribution >= 0.6 is 15.9 Å². The Labute approximate surface area is 98.0 Å². The molecule has 0 aliphatic heterocycles. The maximum atomic E-state index is 3.71. The molecule has 1 aliphatic carbocycles. The van der Waals surface area contributed by atoms with Crippen molar-refractivity contribution in [2.45, 2.75) is 65.2 Å². The Balaban J connectivity index is 2.30. The molecule has 1 rings (SSSR count). The predicted octanol–water partition coefficient (Wildman–Crippen LogP) is 5.16. The summed E-state index contributed by atoms with van der Waals surface area (Å²) in [6.45, 7) is 4.66. The van der Waals surface area contributed by atoms with Gasteiger partial charge in [-0.15, -0.1) is 0 Å². The van der Waals surface area contributed by atoms with Gasteiger partial charge in [0, 0.05) is 5.33 Å². The number of hydrogen-bond acceptors (Lipinski definition) is 0. The Kier molecular flexibility index (Phi) is 5.51. The third-order valence-corrected chi connectivity index (χ3v) is 5.15. The molecule has 0 radical (unpaired) electrons. The van der Waals surface area contributed by atoms with Crippen LogP contribution in [-0.2, 0) is 0 Å². The first-order valence-electron chi connectivity index (χ1n) is 6.32. The molecule has 0 N–H and O–H groups in total. The fraction of sp³-hybridized carbons (Fsp3) is 1.00. The van der Waals surface area contributed by atoms with Crippen molar-refractivity contribution < 1.29 is 0 Å². The minimum atomic E-state index is 0.703. The standard InChI is InChI=1S/C13H25Br/c1-3-5-7-12(4-2)10-13(11-14)8-6-9-13/h12H,3-11H2,1-2H3. The van der Waals surface area contributed by atoms with Crippen LogP contribution in [0.3, 0.4) is 0 Å². The van der Waals surface area contributed by atoms with Gasteiger partial charge in [-0.1, -0.05) is 61.9 Å². The number of unbranched alkanes of at least 4 members (excludes halogenated alkanes) is 1. The van der Waals surface area contributed by atoms with Gasteiger partial charge >= 0.3 is 0 Å². The highest BCUT2D eigenvalue weighted by Crippen LogP contribution is 2.48. The highest BCUT2D eigenvalue weighted by atomic mass is 79.9. The van der Waals surface area contributed by atoms with Gasteiger partial charge in [0.15, 0.2) is 0 Å². The van der Waals surface area contributed by atoms with E-state index < -0.39 is 0 Å². The van der Waals surface area contributed by atoms with E-state index in [1.54, 1.807) is 0 Å². The lowest BCUT2D eigenvalue weighted by Crippen LogP contribution is -2.33. The normalized spacial score (nSPS) is 21.6. The van der Waals surface area contributed by atoms with Crippen molar-refractivity contribution in [2.24, 2.45) is 11.3 Å². The van der Waals surface area contributed by atoms with Crippen LogP contribution in [-0.4, -0.2) is 5.33 Å². The van der Waals surface area contributed by atoms with E-state index in [9.17, 15) is 0 Å². The molecule has 1 atom stereocenters. The predicted molar refractivity (Wildman–Crippen MR) is 68.0 cm³/mol. The largest absolute Gasteiger partial charge is 0.0922 e. The van der Waals surface area contributed by atoms with E-state index in [2.05, 4.69) is 29.8 Å². The monoisotopic (exact) mass is 260 g/mol. The Morgan fingerprint density at radius 3 is 2.36 bits per heavy atom. The Morgan fingerprint density at radius 1 is 1.29 bits per heavy atom. The minimum absolute atomic E-state index is 0.703. The summed E-state index contributed by atoms with van der Waals surface area (Å²) in [5.74, 6) is 0.993. The Morgan fingerprint density at radius 2 is 2.00 bits per heavy atom. The third kappa shape index (κ3) is 3.25. The molecule has 0 saturated heterocycles. The second-order valence-electron chi connectivity index (χ2n) is 5.11. The summed E-state index contributed by atoms with van der Waals surface area (Å²) in [4.78, 5) is 0. The first kappa shape index (κ1) is 12.5. The molecular weight excluding hydrogens is 236 g/mol. The van der Waals surface area contributed by atoms with E-state index in [0.717, 1.165) is 5.92 Å². The average molecular weight is 261 g/mol. The lowest BCUT2D eigenvalue weighted by atomic mass is 9.65. The van der Waals surface area contributed by atoms with E-state index in [0.29, 0.717) is 5.41 Å². The summed E-state index contributed by atoms with van der Waals surface area (Å²) in [5.41, 5.74) is 0.703. The fourth-order valence-electron chi connectivity index (χ4n) is 2.62. The van der Waals surface area contributed by atoms with E-state index in [1.807, 2.05) is 0 Å². The van der Waals surface area contributed by atoms with Gasteiger partial charge < -0.3 is 0 Å². The first-order valence-corrected chi connectivity index (χ1v) is 7.44. The summed E-state index contributed by atoms with van der Waals surface area (Å²) in [6.07, 6.45) is 11.5. The van der Waals surface area contributed by atoms with E-state index >= 15 is 0 Å². The highest BCUT2D eigenvalue weighted by molar-refractivity contribution is 9.09. The summed E-state index contributed by atoms with van der Waals surface area (Å²) in [5, 5.41) is 1.24. The van der Waals surface area contributed by atoms with Crippen LogP contribution in [0, 0.1) is 11.3 Å². The van der Waals surface area contributed by atoms with Crippen LogP contribution in [0.2, 0.25) is 0 Å². The highest BCUT2D eigenvalue weighted by Gasteiger charge is 2.37. The number of rotatable bonds is 7. The molecule has 1 unspecified atom stereocenters. The second-order valence-corrected chi connectivity index (χ2v) is 5.67. The molecule has 0 amide bonds. The van der Waals surface area contributed by atoms with Gasteiger partial charge in [-0.05, 0) is 30.6 Å². The van der Waals surface area contributed by atoms with Crippen LogP contribution in [0.4, 0.5) is 0 Å². The minimum Gasteiger partial charge on any atom is -0.0922 e. The summed E-state index contributed by atoms with van der Waals surface area (Å²) in [6, 6.07) is 0. The van der Waals surface area contributed by atoms with Gasteiger partial charge in [-0.25, -0.2) is 0 Å². The molecule has 84 valence electrons. The molecule has 1 aliphatic rings. The smallest absolute Gasteiger partial charge is 0.00880 e. The second kappa shape index (κ2) is 6.15. The van der Waals surface area contributed by atoms with Gasteiger partial charge in [0.25, 0.3) is 0 Å². The zero-order valence-electron chi connectivity index (χ0n) is 9.82. The van der Waals surface area contributed by atoms with Crippen molar-refractivity contribution in [3.05, 3.63) is 0 Å². The zero-order valence-corrected chi connectivity index (χ0v) is 11.4. The molecule has 1 fully saturated rings. The van der Waals surface area contributed by atoms with Gasteiger partial charge in [-0.3, -0.25) is 0 Å².